The van der Waals surface area contributed by atoms with E-state index in [1.165, 1.54) is 6.92 Å². The second kappa shape index (κ2) is 4.77. The van der Waals surface area contributed by atoms with E-state index in [0.717, 1.165) is 16.7 Å². The molecule has 0 N–H and O–H groups in total. The van der Waals surface area contributed by atoms with Crippen molar-refractivity contribution in [2.45, 2.75) is 18.2 Å². The van der Waals surface area contributed by atoms with E-state index in [-0.39, 0.29) is 17.3 Å². The number of carbonyl (C=O) groups excluding carboxylic acids is 2. The molecule has 1 heterocycles. The molecule has 0 atom stereocenters. The lowest BCUT2D eigenvalue weighted by Gasteiger charge is -1.96. The van der Waals surface area contributed by atoms with Gasteiger partial charge in [0.05, 0.1) is 6.42 Å². The maximum Gasteiger partial charge on any atom is 0.201 e. The van der Waals surface area contributed by atoms with Crippen LogP contribution in [0.15, 0.2) is 29.4 Å². The smallest absolute Gasteiger partial charge is 0.201 e. The summed E-state index contributed by atoms with van der Waals surface area (Å²) in [6.07, 6.45) is 3.22. The first kappa shape index (κ1) is 9.92. The third kappa shape index (κ3) is 3.85. The van der Waals surface area contributed by atoms with E-state index in [0.29, 0.717) is 0 Å². The number of nitrogens with zero attached hydrogens (tertiary/aromatic N) is 1. The fraction of sp³-hybridized carbons (Fsp3) is 0.222. The lowest BCUT2D eigenvalue weighted by atomic mass is 10.3. The Morgan fingerprint density at radius 3 is 2.54 bits per heavy atom. The lowest BCUT2D eigenvalue weighted by molar-refractivity contribution is -0.121. The van der Waals surface area contributed by atoms with Gasteiger partial charge in [0.1, 0.15) is 5.78 Å². The summed E-state index contributed by atoms with van der Waals surface area (Å²) in [7, 11) is 0. The molecule has 0 aliphatic heterocycles. The van der Waals surface area contributed by atoms with Crippen LogP contribution in [0.3, 0.4) is 0 Å². The minimum atomic E-state index is -0.126. The van der Waals surface area contributed by atoms with Crippen molar-refractivity contribution in [1.29, 1.82) is 0 Å². The van der Waals surface area contributed by atoms with Crippen LogP contribution in [-0.2, 0) is 9.59 Å². The zero-order valence-corrected chi connectivity index (χ0v) is 8.00. The van der Waals surface area contributed by atoms with Crippen LogP contribution < -0.4 is 0 Å². The molecule has 0 saturated carbocycles. The average Bonchev–Trinajstić information content (AvgIpc) is 2.04. The van der Waals surface area contributed by atoms with Crippen molar-refractivity contribution in [1.82, 2.24) is 4.98 Å². The number of hydrogen-bond donors (Lipinski definition) is 0. The quantitative estimate of drug-likeness (QED) is 0.544. The van der Waals surface area contributed by atoms with Gasteiger partial charge in [-0.2, -0.15) is 0 Å². The van der Waals surface area contributed by atoms with E-state index in [1.54, 1.807) is 24.5 Å². The molecule has 68 valence electrons. The van der Waals surface area contributed by atoms with Gasteiger partial charge in [-0.15, -0.1) is 0 Å². The Labute approximate surface area is 80.6 Å². The van der Waals surface area contributed by atoms with E-state index in [2.05, 4.69) is 4.98 Å². The van der Waals surface area contributed by atoms with Gasteiger partial charge in [0.15, 0.2) is 0 Å². The second-order valence-corrected chi connectivity index (χ2v) is 3.67. The molecule has 0 amide bonds. The number of thioether (sulfide) groups is 1. The molecule has 0 bridgehead atoms. The molecule has 0 aromatic carbocycles. The van der Waals surface area contributed by atoms with Crippen LogP contribution in [0.25, 0.3) is 0 Å². The van der Waals surface area contributed by atoms with Crippen LogP contribution >= 0.6 is 11.8 Å². The molecule has 0 spiro atoms. The van der Waals surface area contributed by atoms with Gasteiger partial charge >= 0.3 is 0 Å². The van der Waals surface area contributed by atoms with Crippen molar-refractivity contribution in [3.8, 4) is 0 Å². The molecule has 13 heavy (non-hydrogen) atoms. The first-order valence-corrected chi connectivity index (χ1v) is 4.60. The monoisotopic (exact) mass is 195 g/mol. The van der Waals surface area contributed by atoms with Gasteiger partial charge in [-0.25, -0.2) is 0 Å². The summed E-state index contributed by atoms with van der Waals surface area (Å²) in [5, 5.41) is -0.126. The maximum atomic E-state index is 11.1. The highest BCUT2D eigenvalue weighted by molar-refractivity contribution is 8.13. The minimum Gasteiger partial charge on any atom is -0.300 e. The predicted octanol–water partition coefficient (Wildman–Crippen LogP) is 1.68. The topological polar surface area (TPSA) is 47.0 Å². The van der Waals surface area contributed by atoms with E-state index >= 15 is 0 Å². The van der Waals surface area contributed by atoms with Gasteiger partial charge in [0.25, 0.3) is 0 Å². The zero-order valence-electron chi connectivity index (χ0n) is 7.19. The van der Waals surface area contributed by atoms with Crippen molar-refractivity contribution in [3.05, 3.63) is 24.5 Å². The van der Waals surface area contributed by atoms with Gasteiger partial charge < -0.3 is 0 Å². The normalized spacial score (nSPS) is 9.62. The molecular weight excluding hydrogens is 186 g/mol. The number of ketones is 1. The fourth-order valence-corrected chi connectivity index (χ4v) is 1.57. The number of carbonyl (C=O) groups is 2. The first-order chi connectivity index (χ1) is 6.18. The first-order valence-electron chi connectivity index (χ1n) is 3.78. The fourth-order valence-electron chi connectivity index (χ4n) is 0.777. The molecule has 0 saturated heterocycles. The van der Waals surface area contributed by atoms with Crippen molar-refractivity contribution in [2.75, 3.05) is 0 Å². The zero-order chi connectivity index (χ0) is 9.68. The molecule has 1 aromatic heterocycles. The molecular formula is C9H9NO2S. The highest BCUT2D eigenvalue weighted by atomic mass is 32.2. The molecule has 4 heteroatoms. The van der Waals surface area contributed by atoms with Crippen molar-refractivity contribution in [3.63, 3.8) is 0 Å². The van der Waals surface area contributed by atoms with E-state index in [9.17, 15) is 9.59 Å². The van der Waals surface area contributed by atoms with Crippen LogP contribution in [0, 0.1) is 0 Å². The van der Waals surface area contributed by atoms with Crippen LogP contribution in [0.5, 0.6) is 0 Å². The average molecular weight is 195 g/mol. The Balaban J connectivity index is 2.50. The lowest BCUT2D eigenvalue weighted by Crippen LogP contribution is -1.99. The third-order valence-electron chi connectivity index (χ3n) is 1.27. The number of Topliss-reactive ketones (excluding diaryl/α,β-unsaturated/α-hetero) is 1. The van der Waals surface area contributed by atoms with Gasteiger partial charge in [-0.1, -0.05) is 11.8 Å². The molecule has 0 unspecified atom stereocenters. The standard InChI is InChI=1S/C9H9NO2S/c1-7(11)6-9(12)13-8-2-4-10-5-3-8/h2-5H,6H2,1H3. The molecule has 1 aromatic rings. The molecule has 3 nitrogen and oxygen atoms in total. The van der Waals surface area contributed by atoms with Gasteiger partial charge in [0, 0.05) is 17.3 Å². The highest BCUT2D eigenvalue weighted by Gasteiger charge is 2.06. The highest BCUT2D eigenvalue weighted by Crippen LogP contribution is 2.18. The van der Waals surface area contributed by atoms with Gasteiger partial charge in [-0.3, -0.25) is 14.6 Å². The Kier molecular flexibility index (Phi) is 3.64. The summed E-state index contributed by atoms with van der Waals surface area (Å²) < 4.78 is 0. The second-order valence-electron chi connectivity index (χ2n) is 2.54. The summed E-state index contributed by atoms with van der Waals surface area (Å²) in [6.45, 7) is 1.41. The molecule has 1 rings (SSSR count). The minimum absolute atomic E-state index is 0.00695. The molecule has 0 aliphatic carbocycles. The van der Waals surface area contributed by atoms with Crippen LogP contribution in [0.4, 0.5) is 0 Å². The van der Waals surface area contributed by atoms with Crippen molar-refractivity contribution >= 4 is 22.7 Å². The summed E-state index contributed by atoms with van der Waals surface area (Å²) in [5.74, 6) is -0.105. The van der Waals surface area contributed by atoms with Gasteiger partial charge in [-0.05, 0) is 19.1 Å². The molecule has 0 fully saturated rings. The predicted molar refractivity (Wildman–Crippen MR) is 50.4 cm³/mol. The summed E-state index contributed by atoms with van der Waals surface area (Å²) in [5.41, 5.74) is 0. The number of hydrogen-bond acceptors (Lipinski definition) is 4. The Morgan fingerprint density at radius 2 is 2.00 bits per heavy atom. The Hall–Kier alpha value is -1.16. The third-order valence-corrected chi connectivity index (χ3v) is 2.15. The van der Waals surface area contributed by atoms with Crippen molar-refractivity contribution < 1.29 is 9.59 Å². The van der Waals surface area contributed by atoms with Crippen LogP contribution in [0.1, 0.15) is 13.3 Å². The maximum absolute atomic E-state index is 11.1. The van der Waals surface area contributed by atoms with Crippen LogP contribution in [-0.4, -0.2) is 15.9 Å². The van der Waals surface area contributed by atoms with E-state index in [4.69, 9.17) is 0 Å². The molecule has 0 radical (unpaired) electrons. The Bertz CT molecular complexity index is 311. The SMILES string of the molecule is CC(=O)CC(=O)Sc1ccncc1. The summed E-state index contributed by atoms with van der Waals surface area (Å²) in [4.78, 5) is 26.4. The number of aromatic nitrogens is 1. The largest absolute Gasteiger partial charge is 0.300 e. The summed E-state index contributed by atoms with van der Waals surface area (Å²) >= 11 is 1.07. The van der Waals surface area contributed by atoms with Crippen molar-refractivity contribution in [2.24, 2.45) is 0 Å². The number of rotatable bonds is 3. The van der Waals surface area contributed by atoms with E-state index < -0.39 is 0 Å². The number of pyridine rings is 1. The molecule has 0 aliphatic rings. The summed E-state index contributed by atoms with van der Waals surface area (Å²) in [6, 6.07) is 3.48. The Morgan fingerprint density at radius 1 is 1.38 bits per heavy atom. The van der Waals surface area contributed by atoms with Crippen LogP contribution in [0.2, 0.25) is 0 Å². The van der Waals surface area contributed by atoms with Gasteiger partial charge in [0.2, 0.25) is 5.12 Å². The van der Waals surface area contributed by atoms with E-state index in [1.807, 2.05) is 0 Å².